The molecule has 0 aliphatic heterocycles. The maximum Gasteiger partial charge on any atom is 0.280 e. The summed E-state index contributed by atoms with van der Waals surface area (Å²) in [6, 6.07) is 8.88. The molecule has 0 saturated heterocycles. The van der Waals surface area contributed by atoms with Gasteiger partial charge in [0.2, 0.25) is 11.4 Å². The van der Waals surface area contributed by atoms with Crippen molar-refractivity contribution in [3.05, 3.63) is 35.9 Å². The lowest BCUT2D eigenvalue weighted by atomic mass is 9.92. The van der Waals surface area contributed by atoms with Gasteiger partial charge >= 0.3 is 0 Å². The van der Waals surface area contributed by atoms with Crippen molar-refractivity contribution in [2.45, 2.75) is 89.8 Å². The molecule has 0 fully saturated rings. The Bertz CT molecular complexity index is 651. The number of hydrogen-bond acceptors (Lipinski definition) is 3. The Morgan fingerprint density at radius 1 is 0.968 bits per heavy atom. The van der Waals surface area contributed by atoms with Crippen molar-refractivity contribution in [3.8, 4) is 0 Å². The number of carbonyl (C=O) groups excluding carboxylic acids is 2. The van der Waals surface area contributed by atoms with E-state index >= 15 is 0 Å². The largest absolute Gasteiger partial charge is 1.00 e. The zero-order valence-electron chi connectivity index (χ0n) is 20.3. The van der Waals surface area contributed by atoms with E-state index in [4.69, 9.17) is 5.73 Å². The molecule has 1 aromatic rings. The number of Topliss-reactive ketones (excluding diaryl/α,β-unsaturated/α-hetero) is 1. The van der Waals surface area contributed by atoms with E-state index in [2.05, 4.69) is 12.2 Å². The summed E-state index contributed by atoms with van der Waals surface area (Å²) >= 11 is 0. The van der Waals surface area contributed by atoms with E-state index in [0.717, 1.165) is 18.4 Å². The van der Waals surface area contributed by atoms with Gasteiger partial charge in [0.05, 0.1) is 14.1 Å². The van der Waals surface area contributed by atoms with Gasteiger partial charge < -0.3 is 18.1 Å². The van der Waals surface area contributed by atoms with Crippen molar-refractivity contribution in [2.24, 2.45) is 5.73 Å². The fraction of sp³-hybridized carbons (Fsp3) is 0.680. The Hall–Kier alpha value is -1.43. The average Bonchev–Trinajstić information content (AvgIpc) is 2.71. The van der Waals surface area contributed by atoms with Crippen LogP contribution in [0.25, 0.3) is 0 Å². The molecule has 0 aliphatic rings. The number of amides is 1. The van der Waals surface area contributed by atoms with E-state index in [9.17, 15) is 9.59 Å². The van der Waals surface area contributed by atoms with Crippen molar-refractivity contribution in [2.75, 3.05) is 21.1 Å². The van der Waals surface area contributed by atoms with Crippen LogP contribution in [0.3, 0.4) is 0 Å². The number of rotatable bonds is 16. The Balaban J connectivity index is 0.00000900. The van der Waals surface area contributed by atoms with Crippen LogP contribution in [0, 0.1) is 0 Å². The van der Waals surface area contributed by atoms with E-state index in [1.54, 1.807) is 7.05 Å². The lowest BCUT2D eigenvalue weighted by molar-refractivity contribution is -0.952. The van der Waals surface area contributed by atoms with Gasteiger partial charge in [0.15, 0.2) is 6.04 Å². The average molecular weight is 454 g/mol. The molecule has 31 heavy (non-hydrogen) atoms. The minimum absolute atomic E-state index is 0. The van der Waals surface area contributed by atoms with Crippen LogP contribution in [0.2, 0.25) is 0 Å². The monoisotopic (exact) mass is 453 g/mol. The summed E-state index contributed by atoms with van der Waals surface area (Å²) in [6.07, 6.45) is 11.5. The highest BCUT2D eigenvalue weighted by molar-refractivity contribution is 5.87. The first-order valence-electron chi connectivity index (χ1n) is 11.6. The number of nitrogens with zero attached hydrogens (tertiary/aromatic N) is 1. The summed E-state index contributed by atoms with van der Waals surface area (Å²) in [7, 11) is 5.61. The van der Waals surface area contributed by atoms with Crippen molar-refractivity contribution >= 4 is 11.7 Å². The van der Waals surface area contributed by atoms with E-state index in [1.807, 2.05) is 51.4 Å². The number of ketones is 1. The number of hydrogen-bond donors (Lipinski definition) is 2. The number of benzene rings is 1. The Morgan fingerprint density at radius 2 is 1.45 bits per heavy atom. The predicted molar refractivity (Wildman–Crippen MR) is 125 cm³/mol. The SMILES string of the molecule is CCCCCCCCCCCC(=O)C(C)(NC)[N+](C)(C)C(C(N)=O)c1ccccc1.[Cl-]. The molecule has 1 aromatic carbocycles. The van der Waals surface area contributed by atoms with Crippen LogP contribution in [0.1, 0.15) is 89.7 Å². The molecule has 0 aromatic heterocycles. The third-order valence-electron chi connectivity index (χ3n) is 6.72. The number of quaternary nitrogens is 1. The first-order valence-corrected chi connectivity index (χ1v) is 11.6. The smallest absolute Gasteiger partial charge is 0.280 e. The van der Waals surface area contributed by atoms with Crippen molar-refractivity contribution in [1.29, 1.82) is 0 Å². The quantitative estimate of drug-likeness (QED) is 0.227. The summed E-state index contributed by atoms with van der Waals surface area (Å²) in [5, 5.41) is 3.22. The molecule has 2 unspecified atom stereocenters. The van der Waals surface area contributed by atoms with Crippen molar-refractivity contribution in [3.63, 3.8) is 0 Å². The molecule has 5 nitrogen and oxygen atoms in total. The van der Waals surface area contributed by atoms with Gasteiger partial charge in [-0.3, -0.25) is 19.4 Å². The minimum Gasteiger partial charge on any atom is -1.00 e. The van der Waals surface area contributed by atoms with Gasteiger partial charge in [0.25, 0.3) is 5.91 Å². The molecular formula is C25H44ClN3O2. The van der Waals surface area contributed by atoms with E-state index in [-0.39, 0.29) is 22.7 Å². The van der Waals surface area contributed by atoms with Gasteiger partial charge in [-0.15, -0.1) is 0 Å². The molecule has 1 amide bonds. The van der Waals surface area contributed by atoms with Gasteiger partial charge in [0, 0.05) is 18.9 Å². The van der Waals surface area contributed by atoms with Gasteiger partial charge in [-0.25, -0.2) is 0 Å². The molecule has 0 bridgehead atoms. The number of likely N-dealkylation sites (N-methyl/N-ethyl adjacent to an activating group) is 2. The maximum absolute atomic E-state index is 13.3. The molecule has 0 saturated carbocycles. The number of nitrogens with two attached hydrogens (primary N) is 1. The standard InChI is InChI=1S/C25H43N3O2.ClH/c1-6-7-8-9-10-11-12-13-17-20-22(29)25(2,27-3)28(4,5)23(24(26)30)21-18-15-14-16-19-21;/h14-16,18-19,23,27H,6-13,17,20H2,1-5H3,(H-,26,30);1H. The third kappa shape index (κ3) is 8.21. The van der Waals surface area contributed by atoms with E-state index < -0.39 is 17.6 Å². The molecule has 178 valence electrons. The summed E-state index contributed by atoms with van der Waals surface area (Å²) in [6.45, 7) is 4.13. The molecule has 0 spiro atoms. The molecule has 1 rings (SSSR count). The van der Waals surface area contributed by atoms with Crippen LogP contribution in [0.15, 0.2) is 30.3 Å². The molecule has 0 heterocycles. The highest BCUT2D eigenvalue weighted by Crippen LogP contribution is 2.34. The van der Waals surface area contributed by atoms with E-state index in [1.165, 1.54) is 44.9 Å². The summed E-state index contributed by atoms with van der Waals surface area (Å²) < 4.78 is 0.138. The van der Waals surface area contributed by atoms with Gasteiger partial charge in [0.1, 0.15) is 0 Å². The van der Waals surface area contributed by atoms with Crippen LogP contribution in [0.4, 0.5) is 0 Å². The number of nitrogens with one attached hydrogen (secondary N) is 1. The van der Waals surface area contributed by atoms with Crippen LogP contribution >= 0.6 is 0 Å². The molecule has 3 N–H and O–H groups in total. The second kappa shape index (κ2) is 14.6. The normalized spacial score (nSPS) is 14.4. The predicted octanol–water partition coefficient (Wildman–Crippen LogP) is 1.72. The van der Waals surface area contributed by atoms with Crippen molar-refractivity contribution in [1.82, 2.24) is 5.32 Å². The Morgan fingerprint density at radius 3 is 1.90 bits per heavy atom. The Labute approximate surface area is 196 Å². The number of primary amides is 1. The first-order chi connectivity index (χ1) is 14.2. The highest BCUT2D eigenvalue weighted by atomic mass is 35.5. The fourth-order valence-corrected chi connectivity index (χ4v) is 4.34. The van der Waals surface area contributed by atoms with Crippen LogP contribution in [-0.2, 0) is 9.59 Å². The topological polar surface area (TPSA) is 72.2 Å². The molecule has 2 atom stereocenters. The molecule has 0 radical (unpaired) electrons. The van der Waals surface area contributed by atoms with Crippen LogP contribution < -0.4 is 23.5 Å². The Kier molecular flexibility index (Phi) is 13.9. The summed E-state index contributed by atoms with van der Waals surface area (Å²) in [5.41, 5.74) is 5.73. The number of unbranched alkanes of at least 4 members (excludes halogenated alkanes) is 8. The molecule has 6 heteroatoms. The number of carbonyl (C=O) groups is 2. The second-order valence-electron chi connectivity index (χ2n) is 9.08. The lowest BCUT2D eigenvalue weighted by Crippen LogP contribution is -3.00. The maximum atomic E-state index is 13.3. The van der Waals surface area contributed by atoms with Crippen LogP contribution in [-0.4, -0.2) is 43.0 Å². The zero-order chi connectivity index (χ0) is 22.6. The second-order valence-corrected chi connectivity index (χ2v) is 9.08. The van der Waals surface area contributed by atoms with E-state index in [0.29, 0.717) is 6.42 Å². The fourth-order valence-electron chi connectivity index (χ4n) is 4.34. The van der Waals surface area contributed by atoms with Gasteiger partial charge in [-0.2, -0.15) is 0 Å². The number of halogens is 1. The highest BCUT2D eigenvalue weighted by Gasteiger charge is 2.52. The van der Waals surface area contributed by atoms with Crippen LogP contribution in [0.5, 0.6) is 0 Å². The summed E-state index contributed by atoms with van der Waals surface area (Å²) in [5.74, 6) is -0.302. The lowest BCUT2D eigenvalue weighted by Gasteiger charge is -2.48. The summed E-state index contributed by atoms with van der Waals surface area (Å²) in [4.78, 5) is 25.7. The molecule has 0 aliphatic carbocycles. The van der Waals surface area contributed by atoms with Crippen molar-refractivity contribution < 1.29 is 26.5 Å². The van der Waals surface area contributed by atoms with Gasteiger partial charge in [-0.05, 0) is 13.5 Å². The minimum atomic E-state index is -0.907. The molecular weight excluding hydrogens is 410 g/mol. The first kappa shape index (κ1) is 29.6. The third-order valence-corrected chi connectivity index (χ3v) is 6.72. The zero-order valence-corrected chi connectivity index (χ0v) is 21.0. The van der Waals surface area contributed by atoms with Gasteiger partial charge in [-0.1, -0.05) is 88.6 Å².